The van der Waals surface area contributed by atoms with Crippen molar-refractivity contribution in [2.45, 2.75) is 19.8 Å². The van der Waals surface area contributed by atoms with Crippen LogP contribution in [0.4, 0.5) is 0 Å². The molecular weight excluding hydrogens is 208 g/mol. The van der Waals surface area contributed by atoms with E-state index in [0.29, 0.717) is 18.5 Å². The summed E-state index contributed by atoms with van der Waals surface area (Å²) in [6.45, 7) is 2.17. The maximum atomic E-state index is 11.6. The lowest BCUT2D eigenvalue weighted by Crippen LogP contribution is -2.25. The Balaban J connectivity index is 2.38. The minimum atomic E-state index is -0.853. The minimum absolute atomic E-state index is 0.0651. The minimum Gasteiger partial charge on any atom is -0.481 e. The normalized spacial score (nSPS) is 9.81. The number of rotatable bonds is 5. The number of amides is 1. The highest BCUT2D eigenvalue weighted by atomic mass is 16.4. The molecule has 16 heavy (non-hydrogen) atoms. The van der Waals surface area contributed by atoms with E-state index in [1.807, 2.05) is 0 Å². The van der Waals surface area contributed by atoms with Crippen molar-refractivity contribution in [2.75, 3.05) is 6.54 Å². The zero-order valence-corrected chi connectivity index (χ0v) is 9.06. The first kappa shape index (κ1) is 12.2. The molecule has 1 amide bonds. The van der Waals surface area contributed by atoms with Gasteiger partial charge in [-0.3, -0.25) is 14.6 Å². The molecule has 0 atom stereocenters. The molecule has 0 aliphatic heterocycles. The van der Waals surface area contributed by atoms with Crippen LogP contribution in [-0.4, -0.2) is 28.5 Å². The lowest BCUT2D eigenvalue weighted by molar-refractivity contribution is -0.137. The van der Waals surface area contributed by atoms with Crippen molar-refractivity contribution in [3.8, 4) is 0 Å². The second kappa shape index (κ2) is 5.85. The van der Waals surface area contributed by atoms with E-state index in [1.54, 1.807) is 25.3 Å². The van der Waals surface area contributed by atoms with Gasteiger partial charge in [0.2, 0.25) is 0 Å². The zero-order valence-electron chi connectivity index (χ0n) is 9.06. The van der Waals surface area contributed by atoms with Gasteiger partial charge in [0.05, 0.1) is 0 Å². The lowest BCUT2D eigenvalue weighted by atomic mass is 10.2. The summed E-state index contributed by atoms with van der Waals surface area (Å²) < 4.78 is 0. The number of pyridine rings is 1. The molecule has 0 spiro atoms. The van der Waals surface area contributed by atoms with Crippen LogP contribution in [-0.2, 0) is 4.79 Å². The van der Waals surface area contributed by atoms with Crippen LogP contribution in [0.25, 0.3) is 0 Å². The van der Waals surface area contributed by atoms with Crippen molar-refractivity contribution < 1.29 is 14.7 Å². The van der Waals surface area contributed by atoms with Gasteiger partial charge >= 0.3 is 5.97 Å². The SMILES string of the molecule is Cc1cc(C(=O)NCCCC(=O)O)ccn1. The molecule has 1 heterocycles. The number of nitrogens with zero attached hydrogens (tertiary/aromatic N) is 1. The van der Waals surface area contributed by atoms with Gasteiger partial charge in [0.1, 0.15) is 0 Å². The number of carbonyl (C=O) groups is 2. The Kier molecular flexibility index (Phi) is 4.44. The maximum absolute atomic E-state index is 11.6. The third kappa shape index (κ3) is 4.08. The molecule has 5 nitrogen and oxygen atoms in total. The Morgan fingerprint density at radius 2 is 2.25 bits per heavy atom. The first-order valence-corrected chi connectivity index (χ1v) is 5.02. The van der Waals surface area contributed by atoms with Crippen molar-refractivity contribution in [1.82, 2.24) is 10.3 Å². The lowest BCUT2D eigenvalue weighted by Gasteiger charge is -2.04. The first-order chi connectivity index (χ1) is 7.59. The summed E-state index contributed by atoms with van der Waals surface area (Å²) in [6.07, 6.45) is 2.07. The summed E-state index contributed by atoms with van der Waals surface area (Å²) in [7, 11) is 0. The van der Waals surface area contributed by atoms with Crippen LogP contribution in [0.1, 0.15) is 28.9 Å². The molecule has 2 N–H and O–H groups in total. The third-order valence-corrected chi connectivity index (χ3v) is 2.01. The summed E-state index contributed by atoms with van der Waals surface area (Å²) in [6, 6.07) is 3.31. The van der Waals surface area contributed by atoms with Crippen LogP contribution in [0.5, 0.6) is 0 Å². The molecule has 5 heteroatoms. The van der Waals surface area contributed by atoms with Gasteiger partial charge < -0.3 is 10.4 Å². The molecule has 0 radical (unpaired) electrons. The van der Waals surface area contributed by atoms with Crippen molar-refractivity contribution >= 4 is 11.9 Å². The molecule has 0 aromatic carbocycles. The number of aromatic nitrogens is 1. The molecule has 0 fully saturated rings. The van der Waals surface area contributed by atoms with Crippen LogP contribution in [0.2, 0.25) is 0 Å². The Morgan fingerprint density at radius 3 is 2.88 bits per heavy atom. The summed E-state index contributed by atoms with van der Waals surface area (Å²) >= 11 is 0. The number of hydrogen-bond donors (Lipinski definition) is 2. The average molecular weight is 222 g/mol. The molecular formula is C11H14N2O3. The first-order valence-electron chi connectivity index (χ1n) is 5.02. The number of carbonyl (C=O) groups excluding carboxylic acids is 1. The van der Waals surface area contributed by atoms with Gasteiger partial charge in [-0.1, -0.05) is 0 Å². The van der Waals surface area contributed by atoms with Gasteiger partial charge in [0.15, 0.2) is 0 Å². The highest BCUT2D eigenvalue weighted by molar-refractivity contribution is 5.94. The van der Waals surface area contributed by atoms with Crippen molar-refractivity contribution in [3.05, 3.63) is 29.6 Å². The average Bonchev–Trinajstić information content (AvgIpc) is 2.24. The van der Waals surface area contributed by atoms with E-state index >= 15 is 0 Å². The zero-order chi connectivity index (χ0) is 12.0. The van der Waals surface area contributed by atoms with Gasteiger partial charge in [-0.2, -0.15) is 0 Å². The fourth-order valence-corrected chi connectivity index (χ4v) is 1.23. The summed E-state index contributed by atoms with van der Waals surface area (Å²) in [5.41, 5.74) is 1.32. The Bertz CT molecular complexity index is 391. The van der Waals surface area contributed by atoms with Gasteiger partial charge in [0.25, 0.3) is 5.91 Å². The van der Waals surface area contributed by atoms with E-state index in [-0.39, 0.29) is 12.3 Å². The highest BCUT2D eigenvalue weighted by Gasteiger charge is 2.05. The Morgan fingerprint density at radius 1 is 1.50 bits per heavy atom. The topological polar surface area (TPSA) is 79.3 Å². The standard InChI is InChI=1S/C11H14N2O3/c1-8-7-9(4-6-12-8)11(16)13-5-2-3-10(14)15/h4,6-7H,2-3,5H2,1H3,(H,13,16)(H,14,15). The van der Waals surface area contributed by atoms with Crippen LogP contribution in [0.3, 0.4) is 0 Å². The molecule has 0 bridgehead atoms. The van der Waals surface area contributed by atoms with Crippen molar-refractivity contribution in [3.63, 3.8) is 0 Å². The van der Waals surface area contributed by atoms with E-state index in [9.17, 15) is 9.59 Å². The molecule has 0 saturated carbocycles. The molecule has 1 aromatic rings. The second-order valence-corrected chi connectivity index (χ2v) is 3.44. The predicted octanol–water partition coefficient (Wildman–Crippen LogP) is 0.985. The second-order valence-electron chi connectivity index (χ2n) is 3.44. The monoisotopic (exact) mass is 222 g/mol. The number of aliphatic carboxylic acids is 1. The van der Waals surface area contributed by atoms with E-state index in [2.05, 4.69) is 10.3 Å². The van der Waals surface area contributed by atoms with Crippen LogP contribution in [0, 0.1) is 6.92 Å². The fourth-order valence-electron chi connectivity index (χ4n) is 1.23. The summed E-state index contributed by atoms with van der Waals surface area (Å²) in [5.74, 6) is -1.05. The molecule has 0 aliphatic rings. The number of carboxylic acids is 1. The number of nitrogens with one attached hydrogen (secondary N) is 1. The number of aryl methyl sites for hydroxylation is 1. The molecule has 1 rings (SSSR count). The smallest absolute Gasteiger partial charge is 0.303 e. The largest absolute Gasteiger partial charge is 0.481 e. The van der Waals surface area contributed by atoms with E-state index in [4.69, 9.17) is 5.11 Å². The van der Waals surface area contributed by atoms with Crippen LogP contribution in [0.15, 0.2) is 18.3 Å². The highest BCUT2D eigenvalue weighted by Crippen LogP contribution is 2.00. The molecule has 0 aliphatic carbocycles. The van der Waals surface area contributed by atoms with E-state index in [0.717, 1.165) is 5.69 Å². The maximum Gasteiger partial charge on any atom is 0.303 e. The van der Waals surface area contributed by atoms with Gasteiger partial charge in [0, 0.05) is 30.4 Å². The third-order valence-electron chi connectivity index (χ3n) is 2.01. The van der Waals surface area contributed by atoms with E-state index in [1.165, 1.54) is 0 Å². The Labute approximate surface area is 93.5 Å². The summed E-state index contributed by atoms with van der Waals surface area (Å²) in [4.78, 5) is 25.8. The van der Waals surface area contributed by atoms with Gasteiger partial charge in [-0.15, -0.1) is 0 Å². The van der Waals surface area contributed by atoms with Crippen LogP contribution < -0.4 is 5.32 Å². The van der Waals surface area contributed by atoms with Gasteiger partial charge in [-0.05, 0) is 25.5 Å². The quantitative estimate of drug-likeness (QED) is 0.728. The summed E-state index contributed by atoms with van der Waals surface area (Å²) in [5, 5.41) is 11.1. The molecule has 1 aromatic heterocycles. The Hall–Kier alpha value is -1.91. The molecule has 0 saturated heterocycles. The van der Waals surface area contributed by atoms with Gasteiger partial charge in [-0.25, -0.2) is 0 Å². The number of hydrogen-bond acceptors (Lipinski definition) is 3. The van der Waals surface area contributed by atoms with Crippen molar-refractivity contribution in [1.29, 1.82) is 0 Å². The fraction of sp³-hybridized carbons (Fsp3) is 0.364. The van der Waals surface area contributed by atoms with Crippen molar-refractivity contribution in [2.24, 2.45) is 0 Å². The molecule has 0 unspecified atom stereocenters. The molecule has 86 valence electrons. The number of carboxylic acid groups (broad SMARTS) is 1. The predicted molar refractivity (Wildman–Crippen MR) is 58.2 cm³/mol. The van der Waals surface area contributed by atoms with E-state index < -0.39 is 5.97 Å². The van der Waals surface area contributed by atoms with Crippen LogP contribution >= 0.6 is 0 Å².